The summed E-state index contributed by atoms with van der Waals surface area (Å²) in [5.74, 6) is 0.265. The largest absolute Gasteiger partial charge is 0.384 e. The van der Waals surface area contributed by atoms with Crippen LogP contribution in [-0.2, 0) is 4.74 Å². The van der Waals surface area contributed by atoms with E-state index in [1.807, 2.05) is 6.92 Å². The van der Waals surface area contributed by atoms with Gasteiger partial charge in [-0.05, 0) is 5.56 Å². The van der Waals surface area contributed by atoms with E-state index in [9.17, 15) is 10.1 Å². The van der Waals surface area contributed by atoms with Gasteiger partial charge in [-0.3, -0.25) is 10.1 Å². The van der Waals surface area contributed by atoms with Gasteiger partial charge in [-0.1, -0.05) is 19.1 Å². The highest BCUT2D eigenvalue weighted by atomic mass is 16.6. The predicted molar refractivity (Wildman–Crippen MR) is 53.4 cm³/mol. The summed E-state index contributed by atoms with van der Waals surface area (Å²) < 4.78 is 5.00. The molecule has 0 aliphatic heterocycles. The SMILES string of the molecule is COCC(C)c1ccc([N+](=O)[O-])cc1. The molecule has 76 valence electrons. The summed E-state index contributed by atoms with van der Waals surface area (Å²) >= 11 is 0. The summed E-state index contributed by atoms with van der Waals surface area (Å²) in [7, 11) is 1.64. The number of hydrogen-bond acceptors (Lipinski definition) is 3. The van der Waals surface area contributed by atoms with Gasteiger partial charge in [0.15, 0.2) is 0 Å². The van der Waals surface area contributed by atoms with Crippen molar-refractivity contribution < 1.29 is 9.66 Å². The van der Waals surface area contributed by atoms with Crippen LogP contribution in [0, 0.1) is 10.1 Å². The van der Waals surface area contributed by atoms with Crippen molar-refractivity contribution in [3.8, 4) is 0 Å². The zero-order valence-electron chi connectivity index (χ0n) is 8.27. The van der Waals surface area contributed by atoms with E-state index in [1.165, 1.54) is 12.1 Å². The molecule has 0 amide bonds. The lowest BCUT2D eigenvalue weighted by Gasteiger charge is -2.09. The number of non-ortho nitro benzene ring substituents is 1. The highest BCUT2D eigenvalue weighted by molar-refractivity contribution is 5.34. The maximum atomic E-state index is 10.4. The molecule has 1 aromatic carbocycles. The minimum atomic E-state index is -0.398. The first-order valence-electron chi connectivity index (χ1n) is 4.38. The average Bonchev–Trinajstić information content (AvgIpc) is 2.18. The first kappa shape index (κ1) is 10.7. The molecule has 0 radical (unpaired) electrons. The number of nitrogens with zero attached hydrogens (tertiary/aromatic N) is 1. The van der Waals surface area contributed by atoms with Crippen molar-refractivity contribution in [2.75, 3.05) is 13.7 Å². The third-order valence-corrected chi connectivity index (χ3v) is 2.09. The highest BCUT2D eigenvalue weighted by Crippen LogP contribution is 2.19. The van der Waals surface area contributed by atoms with Crippen molar-refractivity contribution in [1.29, 1.82) is 0 Å². The molecule has 0 aliphatic rings. The summed E-state index contributed by atoms with van der Waals surface area (Å²) in [4.78, 5) is 9.99. The molecule has 1 atom stereocenters. The molecule has 0 aliphatic carbocycles. The van der Waals surface area contributed by atoms with Crippen LogP contribution >= 0.6 is 0 Å². The Morgan fingerprint density at radius 2 is 2.00 bits per heavy atom. The van der Waals surface area contributed by atoms with Crippen LogP contribution in [0.1, 0.15) is 18.4 Å². The van der Waals surface area contributed by atoms with Crippen molar-refractivity contribution in [3.63, 3.8) is 0 Å². The molecule has 0 saturated carbocycles. The van der Waals surface area contributed by atoms with Crippen LogP contribution in [0.3, 0.4) is 0 Å². The van der Waals surface area contributed by atoms with E-state index in [-0.39, 0.29) is 11.6 Å². The van der Waals surface area contributed by atoms with Gasteiger partial charge in [-0.25, -0.2) is 0 Å². The number of benzene rings is 1. The number of hydrogen-bond donors (Lipinski definition) is 0. The van der Waals surface area contributed by atoms with E-state index in [0.717, 1.165) is 5.56 Å². The first-order chi connectivity index (χ1) is 6.65. The molecule has 0 heterocycles. The van der Waals surface area contributed by atoms with Gasteiger partial charge in [0.1, 0.15) is 0 Å². The van der Waals surface area contributed by atoms with Crippen molar-refractivity contribution >= 4 is 5.69 Å². The summed E-state index contributed by atoms with van der Waals surface area (Å²) in [5, 5.41) is 10.4. The quantitative estimate of drug-likeness (QED) is 0.547. The van der Waals surface area contributed by atoms with Crippen LogP contribution < -0.4 is 0 Å². The number of rotatable bonds is 4. The van der Waals surface area contributed by atoms with Gasteiger partial charge in [-0.2, -0.15) is 0 Å². The Kier molecular flexibility index (Phi) is 3.59. The second kappa shape index (κ2) is 4.72. The van der Waals surface area contributed by atoms with Gasteiger partial charge >= 0.3 is 0 Å². The van der Waals surface area contributed by atoms with Gasteiger partial charge in [0.05, 0.1) is 11.5 Å². The van der Waals surface area contributed by atoms with Crippen molar-refractivity contribution in [1.82, 2.24) is 0 Å². The lowest BCUT2D eigenvalue weighted by molar-refractivity contribution is -0.384. The third-order valence-electron chi connectivity index (χ3n) is 2.09. The second-order valence-corrected chi connectivity index (χ2v) is 3.21. The molecule has 0 bridgehead atoms. The van der Waals surface area contributed by atoms with E-state index in [1.54, 1.807) is 19.2 Å². The Morgan fingerprint density at radius 1 is 1.43 bits per heavy atom. The van der Waals surface area contributed by atoms with Gasteiger partial charge in [-0.15, -0.1) is 0 Å². The van der Waals surface area contributed by atoms with Crippen molar-refractivity contribution in [2.24, 2.45) is 0 Å². The molecule has 1 rings (SSSR count). The fourth-order valence-electron chi connectivity index (χ4n) is 1.27. The van der Waals surface area contributed by atoms with E-state index >= 15 is 0 Å². The Hall–Kier alpha value is -1.42. The van der Waals surface area contributed by atoms with E-state index in [2.05, 4.69) is 0 Å². The number of methoxy groups -OCH3 is 1. The minimum Gasteiger partial charge on any atom is -0.384 e. The van der Waals surface area contributed by atoms with E-state index in [4.69, 9.17) is 4.74 Å². The molecule has 0 saturated heterocycles. The summed E-state index contributed by atoms with van der Waals surface area (Å²) in [6.45, 7) is 2.64. The van der Waals surface area contributed by atoms with Gasteiger partial charge < -0.3 is 4.74 Å². The van der Waals surface area contributed by atoms with Crippen LogP contribution in [0.25, 0.3) is 0 Å². The molecule has 0 aromatic heterocycles. The molecule has 14 heavy (non-hydrogen) atoms. The fourth-order valence-corrected chi connectivity index (χ4v) is 1.27. The second-order valence-electron chi connectivity index (χ2n) is 3.21. The smallest absolute Gasteiger partial charge is 0.269 e. The molecule has 1 aromatic rings. The van der Waals surface area contributed by atoms with E-state index in [0.29, 0.717) is 6.61 Å². The van der Waals surface area contributed by atoms with Crippen LogP contribution in [0.15, 0.2) is 24.3 Å². The minimum absolute atomic E-state index is 0.123. The third kappa shape index (κ3) is 2.53. The lowest BCUT2D eigenvalue weighted by atomic mass is 10.0. The molecule has 0 spiro atoms. The molecule has 4 heteroatoms. The fraction of sp³-hybridized carbons (Fsp3) is 0.400. The van der Waals surface area contributed by atoms with Gasteiger partial charge in [0.2, 0.25) is 0 Å². The zero-order chi connectivity index (χ0) is 10.6. The Balaban J connectivity index is 2.77. The summed E-state index contributed by atoms with van der Waals surface area (Å²) in [5.41, 5.74) is 1.18. The average molecular weight is 195 g/mol. The monoisotopic (exact) mass is 195 g/mol. The lowest BCUT2D eigenvalue weighted by Crippen LogP contribution is -2.01. The zero-order valence-corrected chi connectivity index (χ0v) is 8.27. The Morgan fingerprint density at radius 3 is 2.43 bits per heavy atom. The summed E-state index contributed by atoms with van der Waals surface area (Å²) in [6.07, 6.45) is 0. The summed E-state index contributed by atoms with van der Waals surface area (Å²) in [6, 6.07) is 6.56. The van der Waals surface area contributed by atoms with Crippen LogP contribution in [0.4, 0.5) is 5.69 Å². The maximum absolute atomic E-state index is 10.4. The molecule has 0 fully saturated rings. The van der Waals surface area contributed by atoms with Gasteiger partial charge in [0.25, 0.3) is 5.69 Å². The Bertz CT molecular complexity index is 308. The molecule has 4 nitrogen and oxygen atoms in total. The van der Waals surface area contributed by atoms with E-state index < -0.39 is 4.92 Å². The molecule has 1 unspecified atom stereocenters. The molecular formula is C10H13NO3. The predicted octanol–water partition coefficient (Wildman–Crippen LogP) is 2.34. The first-order valence-corrected chi connectivity index (χ1v) is 4.38. The normalized spacial score (nSPS) is 12.4. The van der Waals surface area contributed by atoms with Crippen LogP contribution in [0.5, 0.6) is 0 Å². The molecule has 0 N–H and O–H groups in total. The van der Waals surface area contributed by atoms with Crippen LogP contribution in [0.2, 0.25) is 0 Å². The van der Waals surface area contributed by atoms with Crippen molar-refractivity contribution in [2.45, 2.75) is 12.8 Å². The number of nitro benzene ring substituents is 1. The maximum Gasteiger partial charge on any atom is 0.269 e. The Labute approximate surface area is 82.7 Å². The number of ether oxygens (including phenoxy) is 1. The van der Waals surface area contributed by atoms with Crippen molar-refractivity contribution in [3.05, 3.63) is 39.9 Å². The van der Waals surface area contributed by atoms with Gasteiger partial charge in [0, 0.05) is 25.2 Å². The standard InChI is InChI=1S/C10H13NO3/c1-8(7-14-2)9-3-5-10(6-4-9)11(12)13/h3-6,8H,7H2,1-2H3. The molecular weight excluding hydrogens is 182 g/mol. The topological polar surface area (TPSA) is 52.4 Å². The van der Waals surface area contributed by atoms with Crippen LogP contribution in [-0.4, -0.2) is 18.6 Å². The number of nitro groups is 1. The highest BCUT2D eigenvalue weighted by Gasteiger charge is 2.08.